The van der Waals surface area contributed by atoms with Gasteiger partial charge in [0.05, 0.1) is 0 Å². The first kappa shape index (κ1) is 17.1. The van der Waals surface area contributed by atoms with Crippen molar-refractivity contribution >= 4 is 40.8 Å². The molecule has 0 saturated carbocycles. The van der Waals surface area contributed by atoms with Crippen LogP contribution in [-0.2, 0) is 14.3 Å². The normalized spacial score (nSPS) is 14.2. The summed E-state index contributed by atoms with van der Waals surface area (Å²) in [5.41, 5.74) is 1.24. The Morgan fingerprint density at radius 1 is 1.20 bits per heavy atom. The van der Waals surface area contributed by atoms with Gasteiger partial charge >= 0.3 is 5.97 Å². The Morgan fingerprint density at radius 2 is 2.00 bits per heavy atom. The molecule has 0 bridgehead atoms. The second-order valence-corrected chi connectivity index (χ2v) is 6.55. The van der Waals surface area contributed by atoms with E-state index < -0.39 is 5.97 Å². The summed E-state index contributed by atoms with van der Waals surface area (Å²) in [6.07, 6.45) is 4.38. The molecule has 1 aromatic carbocycles. The summed E-state index contributed by atoms with van der Waals surface area (Å²) in [7, 11) is 0. The van der Waals surface area contributed by atoms with E-state index in [1.54, 1.807) is 35.2 Å². The highest BCUT2D eigenvalue weighted by molar-refractivity contribution is 7.10. The summed E-state index contributed by atoms with van der Waals surface area (Å²) in [6, 6.07) is 10.6. The largest absolute Gasteiger partial charge is 0.454 e. The van der Waals surface area contributed by atoms with Crippen LogP contribution in [-0.4, -0.2) is 30.8 Å². The molecule has 1 fully saturated rings. The smallest absolute Gasteiger partial charge is 0.331 e. The zero-order valence-electron chi connectivity index (χ0n) is 13.5. The molecule has 1 aromatic heterocycles. The van der Waals surface area contributed by atoms with Crippen molar-refractivity contribution < 1.29 is 19.1 Å². The van der Waals surface area contributed by atoms with Crippen LogP contribution in [0.4, 0.5) is 5.69 Å². The molecule has 2 aromatic rings. The lowest BCUT2D eigenvalue weighted by Gasteiger charge is -2.15. The molecule has 1 aliphatic heterocycles. The number of amides is 1. The monoisotopic (exact) mass is 355 g/mol. The van der Waals surface area contributed by atoms with Crippen LogP contribution in [0.5, 0.6) is 0 Å². The number of rotatable bonds is 6. The highest BCUT2D eigenvalue weighted by Crippen LogP contribution is 2.21. The van der Waals surface area contributed by atoms with E-state index in [0.29, 0.717) is 18.5 Å². The molecule has 5 nitrogen and oxygen atoms in total. The molecular formula is C19H17NO4S. The Hall–Kier alpha value is -2.73. The van der Waals surface area contributed by atoms with E-state index in [-0.39, 0.29) is 18.3 Å². The van der Waals surface area contributed by atoms with Gasteiger partial charge in [-0.05, 0) is 48.2 Å². The molecule has 0 unspecified atom stereocenters. The van der Waals surface area contributed by atoms with Crippen LogP contribution in [0.15, 0.2) is 47.9 Å². The SMILES string of the molecule is O=C(/C=C/c1cccs1)OCC(=O)c1ccc(N2CCCC2=O)cc1. The van der Waals surface area contributed by atoms with Crippen LogP contribution in [0.1, 0.15) is 28.1 Å². The number of hydrogen-bond acceptors (Lipinski definition) is 5. The Bertz CT molecular complexity index is 793. The third-order valence-corrected chi connectivity index (χ3v) is 4.68. The molecule has 2 heterocycles. The fourth-order valence-electron chi connectivity index (χ4n) is 2.55. The Balaban J connectivity index is 1.52. The molecule has 25 heavy (non-hydrogen) atoms. The highest BCUT2D eigenvalue weighted by atomic mass is 32.1. The van der Waals surface area contributed by atoms with Crippen molar-refractivity contribution in [2.75, 3.05) is 18.1 Å². The number of ether oxygens (including phenoxy) is 1. The van der Waals surface area contributed by atoms with Crippen LogP contribution >= 0.6 is 11.3 Å². The first-order valence-corrected chi connectivity index (χ1v) is 8.83. The topological polar surface area (TPSA) is 63.7 Å². The second kappa shape index (κ2) is 7.90. The van der Waals surface area contributed by atoms with E-state index in [0.717, 1.165) is 17.0 Å². The van der Waals surface area contributed by atoms with Crippen LogP contribution in [0, 0.1) is 0 Å². The molecule has 0 aliphatic carbocycles. The molecular weight excluding hydrogens is 338 g/mol. The highest BCUT2D eigenvalue weighted by Gasteiger charge is 2.21. The van der Waals surface area contributed by atoms with Gasteiger partial charge in [0.2, 0.25) is 5.91 Å². The molecule has 1 saturated heterocycles. The summed E-state index contributed by atoms with van der Waals surface area (Å²) in [4.78, 5) is 38.1. The quantitative estimate of drug-likeness (QED) is 0.453. The van der Waals surface area contributed by atoms with Crippen molar-refractivity contribution in [1.29, 1.82) is 0 Å². The van der Waals surface area contributed by atoms with Crippen molar-refractivity contribution in [2.45, 2.75) is 12.8 Å². The molecule has 3 rings (SSSR count). The Kier molecular flexibility index (Phi) is 5.40. The van der Waals surface area contributed by atoms with Gasteiger partial charge in [-0.2, -0.15) is 0 Å². The van der Waals surface area contributed by atoms with Crippen LogP contribution in [0.25, 0.3) is 6.08 Å². The van der Waals surface area contributed by atoms with Gasteiger partial charge in [-0.3, -0.25) is 9.59 Å². The first-order valence-electron chi connectivity index (χ1n) is 7.95. The molecule has 0 spiro atoms. The number of thiophene rings is 1. The lowest BCUT2D eigenvalue weighted by molar-refractivity contribution is -0.136. The standard InChI is InChI=1S/C19H17NO4S/c21-17(13-24-19(23)10-9-16-3-2-12-25-16)14-5-7-15(8-6-14)20-11-1-4-18(20)22/h2-3,5-10,12H,1,4,11,13H2/b10-9+. The maximum Gasteiger partial charge on any atom is 0.331 e. The summed E-state index contributed by atoms with van der Waals surface area (Å²) in [5, 5.41) is 1.91. The van der Waals surface area contributed by atoms with E-state index in [4.69, 9.17) is 4.74 Å². The van der Waals surface area contributed by atoms with Crippen molar-refractivity contribution in [3.8, 4) is 0 Å². The van der Waals surface area contributed by atoms with Crippen LogP contribution < -0.4 is 4.90 Å². The molecule has 6 heteroatoms. The fourth-order valence-corrected chi connectivity index (χ4v) is 3.17. The maximum atomic E-state index is 12.1. The fraction of sp³-hybridized carbons (Fsp3) is 0.211. The van der Waals surface area contributed by atoms with Crippen molar-refractivity contribution in [3.05, 3.63) is 58.3 Å². The predicted molar refractivity (Wildman–Crippen MR) is 96.7 cm³/mol. The number of carbonyl (C=O) groups excluding carboxylic acids is 3. The number of hydrogen-bond donors (Lipinski definition) is 0. The van der Waals surface area contributed by atoms with Crippen LogP contribution in [0.2, 0.25) is 0 Å². The lowest BCUT2D eigenvalue weighted by Crippen LogP contribution is -2.23. The van der Waals surface area contributed by atoms with Gasteiger partial charge in [-0.25, -0.2) is 4.79 Å². The van der Waals surface area contributed by atoms with Gasteiger partial charge in [-0.1, -0.05) is 6.07 Å². The van der Waals surface area contributed by atoms with E-state index in [1.807, 2.05) is 17.5 Å². The van der Waals surface area contributed by atoms with Crippen molar-refractivity contribution in [2.24, 2.45) is 0 Å². The van der Waals surface area contributed by atoms with E-state index in [9.17, 15) is 14.4 Å². The Labute approximate surface area is 149 Å². The van der Waals surface area contributed by atoms with Crippen LogP contribution in [0.3, 0.4) is 0 Å². The van der Waals surface area contributed by atoms with E-state index in [2.05, 4.69) is 0 Å². The van der Waals surface area contributed by atoms with Gasteiger partial charge in [0.1, 0.15) is 0 Å². The zero-order valence-corrected chi connectivity index (χ0v) is 14.3. The molecule has 1 amide bonds. The number of nitrogens with zero attached hydrogens (tertiary/aromatic N) is 1. The van der Waals surface area contributed by atoms with Gasteiger partial charge in [0.15, 0.2) is 12.4 Å². The average molecular weight is 355 g/mol. The number of anilines is 1. The van der Waals surface area contributed by atoms with Crippen molar-refractivity contribution in [3.63, 3.8) is 0 Å². The molecule has 1 aliphatic rings. The minimum atomic E-state index is -0.555. The van der Waals surface area contributed by atoms with Gasteiger partial charge in [-0.15, -0.1) is 11.3 Å². The molecule has 0 N–H and O–H groups in total. The summed E-state index contributed by atoms with van der Waals surface area (Å²) in [6.45, 7) is 0.399. The number of carbonyl (C=O) groups is 3. The number of ketones is 1. The van der Waals surface area contributed by atoms with Gasteiger partial charge < -0.3 is 9.64 Å². The van der Waals surface area contributed by atoms with E-state index >= 15 is 0 Å². The molecule has 128 valence electrons. The Morgan fingerprint density at radius 3 is 2.64 bits per heavy atom. The minimum Gasteiger partial charge on any atom is -0.454 e. The zero-order chi connectivity index (χ0) is 17.6. The maximum absolute atomic E-state index is 12.1. The van der Waals surface area contributed by atoms with Gasteiger partial charge in [0.25, 0.3) is 0 Å². The number of esters is 1. The average Bonchev–Trinajstić information content (AvgIpc) is 3.29. The predicted octanol–water partition coefficient (Wildman–Crippen LogP) is 3.31. The van der Waals surface area contributed by atoms with E-state index in [1.165, 1.54) is 17.4 Å². The summed E-state index contributed by atoms with van der Waals surface area (Å²) >= 11 is 1.51. The third kappa shape index (κ3) is 4.42. The van der Waals surface area contributed by atoms with Gasteiger partial charge in [0, 0.05) is 35.2 Å². The number of Topliss-reactive ketones (excluding diaryl/α,β-unsaturated/α-hetero) is 1. The van der Waals surface area contributed by atoms with Crippen molar-refractivity contribution in [1.82, 2.24) is 0 Å². The second-order valence-electron chi connectivity index (χ2n) is 5.58. The summed E-state index contributed by atoms with van der Waals surface area (Å²) in [5.74, 6) is -0.733. The lowest BCUT2D eigenvalue weighted by atomic mass is 10.1. The first-order chi connectivity index (χ1) is 12.1. The minimum absolute atomic E-state index is 0.102. The molecule has 0 atom stereocenters. The summed E-state index contributed by atoms with van der Waals surface area (Å²) < 4.78 is 4.97. The number of benzene rings is 1. The molecule has 0 radical (unpaired) electrons. The third-order valence-electron chi connectivity index (χ3n) is 3.85.